The molecule has 0 heterocycles. The number of hydrogen-bond donors (Lipinski definition) is 0. The Hall–Kier alpha value is -8.00. The Bertz CT molecular complexity index is 3370. The maximum Gasteiger partial charge on any atom is 0.0714 e. The summed E-state index contributed by atoms with van der Waals surface area (Å²) in [6.07, 6.45) is 0. The van der Waals surface area contributed by atoms with Crippen molar-refractivity contribution in [3.63, 3.8) is 0 Å². The maximum absolute atomic E-state index is 2.50. The fraction of sp³-hybridized carbons (Fsp3) is 0.0625. The quantitative estimate of drug-likeness (QED) is 0.147. The average Bonchev–Trinajstić information content (AvgIpc) is 3.80. The summed E-state index contributed by atoms with van der Waals surface area (Å²) in [4.78, 5) is 2.50. The largest absolute Gasteiger partial charge is 0.310 e. The van der Waals surface area contributed by atoms with Gasteiger partial charge >= 0.3 is 0 Å². The van der Waals surface area contributed by atoms with Gasteiger partial charge in [-0.05, 0) is 125 Å². The summed E-state index contributed by atoms with van der Waals surface area (Å²) in [5.41, 5.74) is 22.8. The van der Waals surface area contributed by atoms with E-state index >= 15 is 0 Å². The first-order valence-electron chi connectivity index (χ1n) is 22.8. The van der Waals surface area contributed by atoms with Crippen molar-refractivity contribution in [3.8, 4) is 55.6 Å². The molecule has 0 aliphatic heterocycles. The molecule has 0 amide bonds. The van der Waals surface area contributed by atoms with Crippen LogP contribution in [0.4, 0.5) is 17.1 Å². The molecule has 65 heavy (non-hydrogen) atoms. The van der Waals surface area contributed by atoms with E-state index < -0.39 is 5.41 Å². The predicted octanol–water partition coefficient (Wildman–Crippen LogP) is 16.8. The topological polar surface area (TPSA) is 3.24 Å². The number of benzene rings is 10. The standard InChI is InChI=1S/C64H47N/c1-63(2)59-29-17-15-27-54(59)56-39-36-51(42-61(56)63)65(50-35-38-53(46-21-9-4-10-22-46)58(41-50)47-23-11-5-12-24-47)52-37-40-57-55-28-16-18-30-60(55)64(62(57)43-52,48-25-13-6-14-26-48)49-33-31-45(32-34-49)44-19-7-3-8-20-44/h3-43H,1-2H3. The average molecular weight is 830 g/mol. The van der Waals surface area contributed by atoms with Gasteiger partial charge in [0.05, 0.1) is 5.41 Å². The molecule has 1 unspecified atom stereocenters. The highest BCUT2D eigenvalue weighted by Crippen LogP contribution is 2.58. The zero-order chi connectivity index (χ0) is 43.5. The molecule has 12 rings (SSSR count). The van der Waals surface area contributed by atoms with E-state index in [2.05, 4.69) is 267 Å². The second kappa shape index (κ2) is 15.4. The fourth-order valence-electron chi connectivity index (χ4n) is 11.1. The first kappa shape index (κ1) is 38.7. The molecule has 2 aliphatic rings. The van der Waals surface area contributed by atoms with Gasteiger partial charge in [-0.3, -0.25) is 0 Å². The molecule has 0 N–H and O–H groups in total. The Morgan fingerprint density at radius 2 is 0.662 bits per heavy atom. The molecular weight excluding hydrogens is 783 g/mol. The van der Waals surface area contributed by atoms with Crippen LogP contribution in [0.2, 0.25) is 0 Å². The summed E-state index contributed by atoms with van der Waals surface area (Å²) < 4.78 is 0. The van der Waals surface area contributed by atoms with Crippen molar-refractivity contribution in [2.45, 2.75) is 24.7 Å². The smallest absolute Gasteiger partial charge is 0.0714 e. The Kier molecular flexibility index (Phi) is 9.14. The number of rotatable bonds is 8. The lowest BCUT2D eigenvalue weighted by Gasteiger charge is -2.35. The molecule has 10 aromatic rings. The van der Waals surface area contributed by atoms with Crippen LogP contribution in [0.1, 0.15) is 47.2 Å². The molecule has 0 fully saturated rings. The molecule has 2 aliphatic carbocycles. The Labute approximate surface area is 382 Å². The first-order valence-corrected chi connectivity index (χ1v) is 22.8. The Morgan fingerprint density at radius 3 is 1.28 bits per heavy atom. The lowest BCUT2D eigenvalue weighted by molar-refractivity contribution is 0.660. The van der Waals surface area contributed by atoms with Crippen molar-refractivity contribution >= 4 is 17.1 Å². The van der Waals surface area contributed by atoms with Crippen LogP contribution in [0.25, 0.3) is 55.6 Å². The third-order valence-electron chi connectivity index (χ3n) is 14.2. The van der Waals surface area contributed by atoms with Crippen LogP contribution >= 0.6 is 0 Å². The van der Waals surface area contributed by atoms with Crippen LogP contribution in [0.15, 0.2) is 249 Å². The van der Waals surface area contributed by atoms with E-state index in [1.807, 2.05) is 0 Å². The minimum Gasteiger partial charge on any atom is -0.310 e. The molecule has 0 bridgehead atoms. The van der Waals surface area contributed by atoms with E-state index in [9.17, 15) is 0 Å². The van der Waals surface area contributed by atoms with Gasteiger partial charge in [-0.1, -0.05) is 226 Å². The minimum atomic E-state index is -0.571. The second-order valence-electron chi connectivity index (χ2n) is 18.0. The summed E-state index contributed by atoms with van der Waals surface area (Å²) in [5.74, 6) is 0. The first-order chi connectivity index (χ1) is 32.0. The van der Waals surface area contributed by atoms with Gasteiger partial charge in [0.2, 0.25) is 0 Å². The van der Waals surface area contributed by atoms with Crippen LogP contribution < -0.4 is 4.90 Å². The molecule has 0 spiro atoms. The lowest BCUT2D eigenvalue weighted by Crippen LogP contribution is -2.28. The van der Waals surface area contributed by atoms with Gasteiger partial charge in [0.1, 0.15) is 0 Å². The Balaban J connectivity index is 1.11. The monoisotopic (exact) mass is 829 g/mol. The van der Waals surface area contributed by atoms with Gasteiger partial charge in [0, 0.05) is 22.5 Å². The molecule has 1 atom stereocenters. The summed E-state index contributed by atoms with van der Waals surface area (Å²) in [5, 5.41) is 0. The minimum absolute atomic E-state index is 0.159. The number of hydrogen-bond acceptors (Lipinski definition) is 1. The van der Waals surface area contributed by atoms with E-state index in [4.69, 9.17) is 0 Å². The van der Waals surface area contributed by atoms with Crippen LogP contribution in [-0.4, -0.2) is 0 Å². The van der Waals surface area contributed by atoms with Gasteiger partial charge < -0.3 is 4.90 Å². The van der Waals surface area contributed by atoms with E-state index in [1.165, 1.54) is 89.0 Å². The highest BCUT2D eigenvalue weighted by atomic mass is 15.1. The van der Waals surface area contributed by atoms with Crippen molar-refractivity contribution < 1.29 is 0 Å². The molecule has 1 nitrogen and oxygen atoms in total. The van der Waals surface area contributed by atoms with Crippen molar-refractivity contribution in [1.82, 2.24) is 0 Å². The Morgan fingerprint density at radius 1 is 0.262 bits per heavy atom. The normalized spacial score (nSPS) is 15.1. The molecule has 1 heteroatoms. The summed E-state index contributed by atoms with van der Waals surface area (Å²) in [6, 6.07) is 92.2. The van der Waals surface area contributed by atoms with Crippen molar-refractivity contribution in [3.05, 3.63) is 282 Å². The zero-order valence-corrected chi connectivity index (χ0v) is 36.6. The van der Waals surface area contributed by atoms with Gasteiger partial charge in [-0.15, -0.1) is 0 Å². The zero-order valence-electron chi connectivity index (χ0n) is 36.6. The van der Waals surface area contributed by atoms with Gasteiger partial charge in [0.15, 0.2) is 0 Å². The van der Waals surface area contributed by atoms with E-state index in [0.717, 1.165) is 17.1 Å². The summed E-state index contributed by atoms with van der Waals surface area (Å²) in [6.45, 7) is 4.75. The number of nitrogens with zero attached hydrogens (tertiary/aromatic N) is 1. The molecule has 10 aromatic carbocycles. The van der Waals surface area contributed by atoms with Crippen molar-refractivity contribution in [2.75, 3.05) is 4.90 Å². The molecule has 0 saturated heterocycles. The lowest BCUT2D eigenvalue weighted by atomic mass is 9.67. The molecule has 0 radical (unpaired) electrons. The van der Waals surface area contributed by atoms with Crippen LogP contribution in [-0.2, 0) is 10.8 Å². The third-order valence-corrected chi connectivity index (χ3v) is 14.2. The summed E-state index contributed by atoms with van der Waals surface area (Å²) in [7, 11) is 0. The van der Waals surface area contributed by atoms with Gasteiger partial charge in [-0.25, -0.2) is 0 Å². The summed E-state index contributed by atoms with van der Waals surface area (Å²) >= 11 is 0. The van der Waals surface area contributed by atoms with Gasteiger partial charge in [-0.2, -0.15) is 0 Å². The highest BCUT2D eigenvalue weighted by Gasteiger charge is 2.46. The number of anilines is 3. The van der Waals surface area contributed by atoms with Crippen molar-refractivity contribution in [2.24, 2.45) is 0 Å². The van der Waals surface area contributed by atoms with Crippen molar-refractivity contribution in [1.29, 1.82) is 0 Å². The third kappa shape index (κ3) is 6.15. The van der Waals surface area contributed by atoms with Crippen LogP contribution in [0.3, 0.4) is 0 Å². The number of fused-ring (bicyclic) bond motifs is 6. The maximum atomic E-state index is 2.50. The predicted molar refractivity (Wildman–Crippen MR) is 272 cm³/mol. The van der Waals surface area contributed by atoms with E-state index in [-0.39, 0.29) is 5.41 Å². The van der Waals surface area contributed by atoms with Crippen LogP contribution in [0.5, 0.6) is 0 Å². The molecule has 0 aromatic heterocycles. The van der Waals surface area contributed by atoms with Crippen LogP contribution in [0, 0.1) is 0 Å². The SMILES string of the molecule is CC1(C)c2ccccc2-c2ccc(N(c3ccc(-c4ccccc4)c(-c4ccccc4)c3)c3ccc4c(c3)C(c3ccccc3)(c3ccc(-c5ccccc5)cc3)c3ccccc3-4)cc21. The van der Waals surface area contributed by atoms with E-state index in [1.54, 1.807) is 0 Å². The second-order valence-corrected chi connectivity index (χ2v) is 18.0. The van der Waals surface area contributed by atoms with E-state index in [0.29, 0.717) is 0 Å². The van der Waals surface area contributed by atoms with Gasteiger partial charge in [0.25, 0.3) is 0 Å². The highest BCUT2D eigenvalue weighted by molar-refractivity contribution is 5.93. The fourth-order valence-corrected chi connectivity index (χ4v) is 11.1. The molecular formula is C64H47N. The molecule has 308 valence electrons. The molecule has 0 saturated carbocycles.